The number of amides is 1. The van der Waals surface area contributed by atoms with Gasteiger partial charge in [0.25, 0.3) is 5.91 Å². The van der Waals surface area contributed by atoms with Crippen molar-refractivity contribution in [3.8, 4) is 16.8 Å². The molecule has 3 N–H and O–H groups in total. The number of hydrogen-bond acceptors (Lipinski definition) is 4. The minimum Gasteiger partial charge on any atom is -0.364 e. The van der Waals surface area contributed by atoms with E-state index in [0.29, 0.717) is 16.6 Å². The Morgan fingerprint density at radius 2 is 1.82 bits per heavy atom. The number of rotatable bonds is 5. The Hall–Kier alpha value is -3.86. The topological polar surface area (TPSA) is 107 Å². The number of halogens is 3. The number of carbonyl (C=O) groups excluding carboxylic acids is 1. The Kier molecular flexibility index (Phi) is 5.36. The smallest absolute Gasteiger partial charge is 0.364 e. The van der Waals surface area contributed by atoms with Crippen LogP contribution in [0.1, 0.15) is 16.2 Å². The van der Waals surface area contributed by atoms with Gasteiger partial charge in [-0.2, -0.15) is 13.2 Å². The van der Waals surface area contributed by atoms with Crippen molar-refractivity contribution >= 4 is 32.5 Å². The van der Waals surface area contributed by atoms with E-state index in [2.05, 4.69) is 9.71 Å². The Morgan fingerprint density at radius 1 is 1.06 bits per heavy atom. The van der Waals surface area contributed by atoms with Crippen LogP contribution in [0.5, 0.6) is 0 Å². The molecule has 0 aliphatic heterocycles. The first-order valence-electron chi connectivity index (χ1n) is 9.50. The Morgan fingerprint density at radius 3 is 2.48 bits per heavy atom. The van der Waals surface area contributed by atoms with Gasteiger partial charge in [0.05, 0.1) is 17.5 Å². The summed E-state index contributed by atoms with van der Waals surface area (Å²) in [7, 11) is -3.56. The number of benzene rings is 2. The molecule has 4 rings (SSSR count). The van der Waals surface area contributed by atoms with E-state index in [1.807, 2.05) is 0 Å². The highest BCUT2D eigenvalue weighted by molar-refractivity contribution is 7.92. The number of carbonyl (C=O) groups is 1. The van der Waals surface area contributed by atoms with Gasteiger partial charge in [0.1, 0.15) is 5.69 Å². The number of anilines is 1. The fraction of sp³-hybridized carbons (Fsp3) is 0.0909. The lowest BCUT2D eigenvalue weighted by atomic mass is 10.0. The summed E-state index contributed by atoms with van der Waals surface area (Å²) in [6.07, 6.45) is -2.59. The van der Waals surface area contributed by atoms with Gasteiger partial charge >= 0.3 is 6.18 Å². The molecule has 0 spiro atoms. The minimum atomic E-state index is -4.66. The molecule has 0 saturated carbocycles. The van der Waals surface area contributed by atoms with Crippen LogP contribution >= 0.6 is 0 Å². The van der Waals surface area contributed by atoms with Crippen molar-refractivity contribution in [3.05, 3.63) is 78.2 Å². The van der Waals surface area contributed by atoms with E-state index in [1.165, 1.54) is 47.0 Å². The number of nitrogens with zero attached hydrogens (tertiary/aromatic N) is 2. The van der Waals surface area contributed by atoms with Gasteiger partial charge in [-0.05, 0) is 42.0 Å². The van der Waals surface area contributed by atoms with Crippen LogP contribution in [0.2, 0.25) is 0 Å². The Bertz CT molecular complexity index is 1490. The lowest BCUT2D eigenvalue weighted by molar-refractivity contribution is -0.140. The van der Waals surface area contributed by atoms with Crippen LogP contribution in [-0.4, -0.2) is 30.1 Å². The second-order valence-corrected chi connectivity index (χ2v) is 9.07. The van der Waals surface area contributed by atoms with Crippen molar-refractivity contribution < 1.29 is 26.4 Å². The van der Waals surface area contributed by atoms with Crippen LogP contribution in [0, 0.1) is 0 Å². The molecular formula is C22H17F3N4O3S. The lowest BCUT2D eigenvalue weighted by Gasteiger charge is -2.14. The third kappa shape index (κ3) is 4.53. The average molecular weight is 474 g/mol. The molecule has 0 aliphatic rings. The summed E-state index contributed by atoms with van der Waals surface area (Å²) in [6, 6.07) is 15.0. The predicted octanol–water partition coefficient (Wildman–Crippen LogP) is 4.18. The van der Waals surface area contributed by atoms with Crippen molar-refractivity contribution in [3.63, 3.8) is 0 Å². The third-order valence-corrected chi connectivity index (χ3v) is 5.46. The first-order valence-corrected chi connectivity index (χ1v) is 11.4. The predicted molar refractivity (Wildman–Crippen MR) is 118 cm³/mol. The van der Waals surface area contributed by atoms with Crippen molar-refractivity contribution in [2.75, 3.05) is 11.0 Å². The maximum Gasteiger partial charge on any atom is 0.433 e. The number of alkyl halides is 3. The summed E-state index contributed by atoms with van der Waals surface area (Å²) >= 11 is 0. The molecule has 0 aliphatic carbocycles. The molecule has 1 amide bonds. The number of primary amides is 1. The maximum atomic E-state index is 13.5. The first-order chi connectivity index (χ1) is 15.4. The second-order valence-electron chi connectivity index (χ2n) is 7.32. The summed E-state index contributed by atoms with van der Waals surface area (Å²) < 4.78 is 67.5. The molecule has 7 nitrogen and oxygen atoms in total. The van der Waals surface area contributed by atoms with E-state index in [9.17, 15) is 26.4 Å². The molecular weight excluding hydrogens is 457 g/mol. The van der Waals surface area contributed by atoms with E-state index >= 15 is 0 Å². The quantitative estimate of drug-likeness (QED) is 0.452. The summed E-state index contributed by atoms with van der Waals surface area (Å²) in [6.45, 7) is 0. The number of nitrogens with one attached hydrogen (secondary N) is 1. The fourth-order valence-electron chi connectivity index (χ4n) is 3.61. The maximum absolute atomic E-state index is 13.5. The van der Waals surface area contributed by atoms with E-state index < -0.39 is 27.8 Å². The van der Waals surface area contributed by atoms with Gasteiger partial charge in [-0.3, -0.25) is 14.5 Å². The van der Waals surface area contributed by atoms with Crippen LogP contribution in [0.15, 0.2) is 66.9 Å². The molecule has 2 heterocycles. The molecule has 2 aromatic heterocycles. The highest BCUT2D eigenvalue weighted by Gasteiger charge is 2.35. The van der Waals surface area contributed by atoms with Crippen LogP contribution in [0.25, 0.3) is 27.7 Å². The highest BCUT2D eigenvalue weighted by atomic mass is 32.2. The van der Waals surface area contributed by atoms with Crippen molar-refractivity contribution in [1.82, 2.24) is 9.55 Å². The number of hydrogen-bond donors (Lipinski definition) is 2. The minimum absolute atomic E-state index is 0.0842. The third-order valence-electron chi connectivity index (χ3n) is 4.85. The first kappa shape index (κ1) is 22.3. The molecule has 0 radical (unpaired) electrons. The van der Waals surface area contributed by atoms with Crippen LogP contribution in [0.4, 0.5) is 18.9 Å². The summed E-state index contributed by atoms with van der Waals surface area (Å²) in [5, 5.41) is 0.589. The van der Waals surface area contributed by atoms with E-state index in [4.69, 9.17) is 5.73 Å². The fourth-order valence-corrected chi connectivity index (χ4v) is 4.17. The van der Waals surface area contributed by atoms with Gasteiger partial charge in [0.2, 0.25) is 10.0 Å². The summed E-state index contributed by atoms with van der Waals surface area (Å²) in [5.74, 6) is -0.758. The zero-order valence-electron chi connectivity index (χ0n) is 17.1. The van der Waals surface area contributed by atoms with Crippen molar-refractivity contribution in [2.45, 2.75) is 6.18 Å². The zero-order valence-corrected chi connectivity index (χ0v) is 17.9. The molecule has 33 heavy (non-hydrogen) atoms. The van der Waals surface area contributed by atoms with Gasteiger partial charge in [-0.15, -0.1) is 0 Å². The van der Waals surface area contributed by atoms with Gasteiger partial charge < -0.3 is 10.3 Å². The van der Waals surface area contributed by atoms with Crippen LogP contribution in [0.3, 0.4) is 0 Å². The Balaban J connectivity index is 1.94. The molecule has 0 unspecified atom stereocenters. The monoisotopic (exact) mass is 474 g/mol. The van der Waals surface area contributed by atoms with Crippen molar-refractivity contribution in [2.24, 2.45) is 5.73 Å². The number of sulfonamides is 1. The SMILES string of the molecule is CS(=O)(=O)Nc1ccc2cc(C(N)=O)n(-c3cccc(-c4cccnc4C(F)(F)F)c3)c2c1. The van der Waals surface area contributed by atoms with Crippen LogP contribution < -0.4 is 10.5 Å². The van der Waals surface area contributed by atoms with E-state index in [1.54, 1.807) is 18.2 Å². The molecule has 0 bridgehead atoms. The number of nitrogens with two attached hydrogens (primary N) is 1. The van der Waals surface area contributed by atoms with Crippen molar-refractivity contribution in [1.29, 1.82) is 0 Å². The zero-order chi connectivity index (χ0) is 24.0. The normalized spacial score (nSPS) is 12.1. The molecule has 0 saturated heterocycles. The summed E-state index contributed by atoms with van der Waals surface area (Å²) in [5.41, 5.74) is 5.78. The molecule has 4 aromatic rings. The molecule has 11 heteroatoms. The number of pyridine rings is 1. The standard InChI is InChI=1S/C22H17F3N4O3S/c1-33(31,32)28-15-8-7-14-11-19(21(26)30)29(18(14)12-15)16-5-2-4-13(10-16)17-6-3-9-27-20(17)22(23,24)25/h2-12,28H,1H3,(H2,26,30). The van der Waals surface area contributed by atoms with Gasteiger partial charge in [-0.25, -0.2) is 8.42 Å². The second kappa shape index (κ2) is 7.93. The van der Waals surface area contributed by atoms with Gasteiger partial charge in [0, 0.05) is 22.8 Å². The largest absolute Gasteiger partial charge is 0.433 e. The molecule has 0 fully saturated rings. The van der Waals surface area contributed by atoms with Gasteiger partial charge in [0.15, 0.2) is 5.69 Å². The number of aromatic nitrogens is 2. The number of fused-ring (bicyclic) bond motifs is 1. The van der Waals surface area contributed by atoms with Crippen LogP contribution in [-0.2, 0) is 16.2 Å². The average Bonchev–Trinajstić information content (AvgIpc) is 3.11. The van der Waals surface area contributed by atoms with Gasteiger partial charge in [-0.1, -0.05) is 24.3 Å². The Labute approximate surface area is 186 Å². The van der Waals surface area contributed by atoms with E-state index in [-0.39, 0.29) is 22.5 Å². The molecule has 2 aromatic carbocycles. The lowest BCUT2D eigenvalue weighted by Crippen LogP contribution is -2.16. The molecule has 0 atom stereocenters. The van der Waals surface area contributed by atoms with E-state index in [0.717, 1.165) is 12.5 Å². The highest BCUT2D eigenvalue weighted by Crippen LogP contribution is 2.36. The summed E-state index contributed by atoms with van der Waals surface area (Å²) in [4.78, 5) is 15.6. The molecule has 170 valence electrons.